The quantitative estimate of drug-likeness (QED) is 0.604. The van der Waals surface area contributed by atoms with Gasteiger partial charge in [0, 0.05) is 0 Å². The van der Waals surface area contributed by atoms with Gasteiger partial charge in [0.2, 0.25) is 0 Å². The summed E-state index contributed by atoms with van der Waals surface area (Å²) >= 11 is 0. The Morgan fingerprint density at radius 1 is 1.00 bits per heavy atom. The molecule has 0 amide bonds. The monoisotopic (exact) mass is 148 g/mol. The highest BCUT2D eigenvalue weighted by atomic mass is 14.0. The van der Waals surface area contributed by atoms with Crippen LogP contribution < -0.4 is 0 Å². The minimum atomic E-state index is 1.21. The molecule has 0 aromatic heterocycles. The van der Waals surface area contributed by atoms with Crippen LogP contribution in [0.25, 0.3) is 0 Å². The SMILES string of the molecule is CCCc1cc(C)cc(C)c1. The molecule has 0 aliphatic carbocycles. The molecule has 0 radical (unpaired) electrons. The van der Waals surface area contributed by atoms with Gasteiger partial charge in [0.05, 0.1) is 0 Å². The van der Waals surface area contributed by atoms with Crippen LogP contribution in [0.2, 0.25) is 0 Å². The van der Waals surface area contributed by atoms with E-state index in [1.54, 1.807) is 0 Å². The summed E-state index contributed by atoms with van der Waals surface area (Å²) < 4.78 is 0. The second-order valence-electron chi connectivity index (χ2n) is 3.25. The third-order valence-corrected chi connectivity index (χ3v) is 1.82. The Morgan fingerprint density at radius 3 is 2.00 bits per heavy atom. The number of aryl methyl sites for hydroxylation is 3. The average Bonchev–Trinajstić information content (AvgIpc) is 1.85. The number of benzene rings is 1. The molecule has 0 saturated carbocycles. The van der Waals surface area contributed by atoms with Gasteiger partial charge in [-0.1, -0.05) is 42.7 Å². The van der Waals surface area contributed by atoms with Gasteiger partial charge in [-0.05, 0) is 25.8 Å². The highest BCUT2D eigenvalue weighted by molar-refractivity contribution is 5.28. The molecule has 0 N–H and O–H groups in total. The van der Waals surface area contributed by atoms with Crippen LogP contribution in [0.1, 0.15) is 30.0 Å². The van der Waals surface area contributed by atoms with Crippen LogP contribution in [-0.4, -0.2) is 0 Å². The molecule has 0 unspecified atom stereocenters. The third kappa shape index (κ3) is 2.38. The molecule has 0 heteroatoms. The van der Waals surface area contributed by atoms with Crippen molar-refractivity contribution in [2.45, 2.75) is 33.6 Å². The normalized spacial score (nSPS) is 10.1. The highest BCUT2D eigenvalue weighted by Crippen LogP contribution is 2.10. The maximum Gasteiger partial charge on any atom is -0.0281 e. The summed E-state index contributed by atoms with van der Waals surface area (Å²) in [6.07, 6.45) is 2.45. The van der Waals surface area contributed by atoms with Gasteiger partial charge in [0.25, 0.3) is 0 Å². The van der Waals surface area contributed by atoms with E-state index < -0.39 is 0 Å². The summed E-state index contributed by atoms with van der Waals surface area (Å²) in [5.41, 5.74) is 4.24. The van der Waals surface area contributed by atoms with Crippen LogP contribution in [0.5, 0.6) is 0 Å². The fourth-order valence-corrected chi connectivity index (χ4v) is 1.50. The molecule has 0 heterocycles. The van der Waals surface area contributed by atoms with Crippen LogP contribution in [0, 0.1) is 13.8 Å². The maximum atomic E-state index is 2.27. The van der Waals surface area contributed by atoms with Gasteiger partial charge in [-0.3, -0.25) is 0 Å². The molecule has 1 aromatic carbocycles. The molecule has 0 bridgehead atoms. The lowest BCUT2D eigenvalue weighted by atomic mass is 10.0. The number of hydrogen-bond donors (Lipinski definition) is 0. The van der Waals surface area contributed by atoms with Gasteiger partial charge in [-0.25, -0.2) is 0 Å². The average molecular weight is 148 g/mol. The Bertz CT molecular complexity index is 216. The van der Waals surface area contributed by atoms with Gasteiger partial charge in [-0.2, -0.15) is 0 Å². The minimum absolute atomic E-state index is 1.21. The first kappa shape index (κ1) is 8.32. The lowest BCUT2D eigenvalue weighted by Crippen LogP contribution is -1.86. The fourth-order valence-electron chi connectivity index (χ4n) is 1.50. The first-order valence-corrected chi connectivity index (χ1v) is 4.29. The molecule has 11 heavy (non-hydrogen) atoms. The van der Waals surface area contributed by atoms with Crippen molar-refractivity contribution in [2.24, 2.45) is 0 Å². The summed E-state index contributed by atoms with van der Waals surface area (Å²) in [4.78, 5) is 0. The summed E-state index contributed by atoms with van der Waals surface area (Å²) in [6, 6.07) is 6.77. The van der Waals surface area contributed by atoms with Crippen molar-refractivity contribution in [1.82, 2.24) is 0 Å². The van der Waals surface area contributed by atoms with E-state index in [9.17, 15) is 0 Å². The summed E-state index contributed by atoms with van der Waals surface area (Å²) in [5, 5.41) is 0. The first-order chi connectivity index (χ1) is 5.22. The smallest absolute Gasteiger partial charge is 0.0281 e. The van der Waals surface area contributed by atoms with Crippen molar-refractivity contribution in [1.29, 1.82) is 0 Å². The Labute approximate surface area is 69.3 Å². The van der Waals surface area contributed by atoms with Gasteiger partial charge < -0.3 is 0 Å². The molecule has 1 rings (SSSR count). The Balaban J connectivity index is 2.89. The van der Waals surface area contributed by atoms with E-state index >= 15 is 0 Å². The second kappa shape index (κ2) is 3.56. The second-order valence-corrected chi connectivity index (χ2v) is 3.25. The third-order valence-electron chi connectivity index (χ3n) is 1.82. The van der Waals surface area contributed by atoms with Gasteiger partial charge in [0.1, 0.15) is 0 Å². The highest BCUT2D eigenvalue weighted by Gasteiger charge is 1.93. The largest absolute Gasteiger partial charge is 0.0651 e. The molecule has 0 fully saturated rings. The lowest BCUT2D eigenvalue weighted by molar-refractivity contribution is 0.918. The molecule has 0 atom stereocenters. The van der Waals surface area contributed by atoms with Crippen LogP contribution >= 0.6 is 0 Å². The molecular formula is C11H16. The predicted molar refractivity (Wildman–Crippen MR) is 49.9 cm³/mol. The topological polar surface area (TPSA) is 0 Å². The molecule has 0 nitrogen and oxygen atoms in total. The Kier molecular flexibility index (Phi) is 2.70. The fraction of sp³-hybridized carbons (Fsp3) is 0.455. The van der Waals surface area contributed by atoms with Crippen molar-refractivity contribution in [3.63, 3.8) is 0 Å². The zero-order valence-corrected chi connectivity index (χ0v) is 7.65. The predicted octanol–water partition coefficient (Wildman–Crippen LogP) is 3.26. The maximum absolute atomic E-state index is 2.27. The van der Waals surface area contributed by atoms with Gasteiger partial charge in [-0.15, -0.1) is 0 Å². The van der Waals surface area contributed by atoms with Crippen LogP contribution in [-0.2, 0) is 6.42 Å². The first-order valence-electron chi connectivity index (χ1n) is 4.29. The molecule has 0 spiro atoms. The van der Waals surface area contributed by atoms with Crippen molar-refractivity contribution < 1.29 is 0 Å². The van der Waals surface area contributed by atoms with E-state index in [2.05, 4.69) is 39.0 Å². The van der Waals surface area contributed by atoms with Gasteiger partial charge in [0.15, 0.2) is 0 Å². The lowest BCUT2D eigenvalue weighted by Gasteiger charge is -2.02. The van der Waals surface area contributed by atoms with Crippen molar-refractivity contribution in [2.75, 3.05) is 0 Å². The van der Waals surface area contributed by atoms with Crippen molar-refractivity contribution in [3.8, 4) is 0 Å². The van der Waals surface area contributed by atoms with E-state index in [1.807, 2.05) is 0 Å². The molecule has 0 saturated heterocycles. The molecule has 1 aromatic rings. The van der Waals surface area contributed by atoms with E-state index in [-0.39, 0.29) is 0 Å². The van der Waals surface area contributed by atoms with Crippen molar-refractivity contribution >= 4 is 0 Å². The Hall–Kier alpha value is -0.780. The molecule has 0 aliphatic heterocycles. The van der Waals surface area contributed by atoms with E-state index in [1.165, 1.54) is 29.5 Å². The molecule has 60 valence electrons. The summed E-state index contributed by atoms with van der Waals surface area (Å²) in [7, 11) is 0. The number of rotatable bonds is 2. The van der Waals surface area contributed by atoms with E-state index in [4.69, 9.17) is 0 Å². The summed E-state index contributed by atoms with van der Waals surface area (Å²) in [5.74, 6) is 0. The number of hydrogen-bond acceptors (Lipinski definition) is 0. The van der Waals surface area contributed by atoms with Crippen LogP contribution in [0.3, 0.4) is 0 Å². The zero-order valence-electron chi connectivity index (χ0n) is 7.65. The summed E-state index contributed by atoms with van der Waals surface area (Å²) in [6.45, 7) is 6.54. The zero-order chi connectivity index (χ0) is 8.27. The molecule has 0 aliphatic rings. The Morgan fingerprint density at radius 2 is 1.55 bits per heavy atom. The van der Waals surface area contributed by atoms with Crippen molar-refractivity contribution in [3.05, 3.63) is 34.9 Å². The molecular weight excluding hydrogens is 132 g/mol. The van der Waals surface area contributed by atoms with Gasteiger partial charge >= 0.3 is 0 Å². The van der Waals surface area contributed by atoms with E-state index in [0.29, 0.717) is 0 Å². The van der Waals surface area contributed by atoms with Crippen LogP contribution in [0.4, 0.5) is 0 Å². The minimum Gasteiger partial charge on any atom is -0.0651 e. The standard InChI is InChI=1S/C11H16/c1-4-5-11-7-9(2)6-10(3)8-11/h6-8H,4-5H2,1-3H3. The van der Waals surface area contributed by atoms with E-state index in [0.717, 1.165) is 0 Å². The van der Waals surface area contributed by atoms with Crippen LogP contribution in [0.15, 0.2) is 18.2 Å².